The van der Waals surface area contributed by atoms with Crippen LogP contribution in [0.2, 0.25) is 0 Å². The van der Waals surface area contributed by atoms with Crippen LogP contribution in [0.4, 0.5) is 14.9 Å². The second kappa shape index (κ2) is 5.88. The zero-order chi connectivity index (χ0) is 16.5. The Morgan fingerprint density at radius 1 is 1.14 bits per heavy atom. The van der Waals surface area contributed by atoms with Crippen molar-refractivity contribution < 1.29 is 9.18 Å². The van der Waals surface area contributed by atoms with E-state index in [-0.39, 0.29) is 29.0 Å². The molecule has 1 fully saturated rings. The number of benzene rings is 1. The van der Waals surface area contributed by atoms with Crippen molar-refractivity contribution in [2.24, 2.45) is 0 Å². The molecule has 4 nitrogen and oxygen atoms in total. The van der Waals surface area contributed by atoms with Crippen molar-refractivity contribution >= 4 is 11.7 Å². The number of likely N-dealkylation sites (tertiary alicyclic amines) is 1. The molecule has 1 saturated heterocycles. The number of anilines is 1. The van der Waals surface area contributed by atoms with Crippen LogP contribution in [-0.4, -0.2) is 35.1 Å². The number of amides is 2. The lowest BCUT2D eigenvalue weighted by Gasteiger charge is -2.53. The summed E-state index contributed by atoms with van der Waals surface area (Å²) in [7, 11) is 2.13. The number of carbonyl (C=O) groups is 1. The van der Waals surface area contributed by atoms with Gasteiger partial charge in [0.2, 0.25) is 0 Å². The monoisotopic (exact) mass is 307 g/mol. The van der Waals surface area contributed by atoms with Crippen LogP contribution in [0.1, 0.15) is 40.5 Å². The molecule has 5 heteroatoms. The SMILES string of the molecule is CN1C(C)(C)CC(NC(=O)Nc2ccc(F)cc2)CC1(C)C. The predicted octanol–water partition coefficient (Wildman–Crippen LogP) is 3.60. The Balaban J connectivity index is 1.98. The highest BCUT2D eigenvalue weighted by atomic mass is 19.1. The highest BCUT2D eigenvalue weighted by Crippen LogP contribution is 2.36. The molecule has 0 saturated carbocycles. The summed E-state index contributed by atoms with van der Waals surface area (Å²) in [6.07, 6.45) is 1.79. The first-order chi connectivity index (χ1) is 10.1. The minimum absolute atomic E-state index is 0.0234. The van der Waals surface area contributed by atoms with Crippen LogP contribution >= 0.6 is 0 Å². The largest absolute Gasteiger partial charge is 0.335 e. The first-order valence-corrected chi connectivity index (χ1v) is 7.67. The number of nitrogens with zero attached hydrogens (tertiary/aromatic N) is 1. The van der Waals surface area contributed by atoms with Crippen LogP contribution in [0, 0.1) is 5.82 Å². The Labute approximate surface area is 132 Å². The topological polar surface area (TPSA) is 44.4 Å². The standard InChI is InChI=1S/C17H26FN3O/c1-16(2)10-14(11-17(3,4)21(16)5)20-15(22)19-13-8-6-12(18)7-9-13/h6-9,14H,10-11H2,1-5H3,(H2,19,20,22). The lowest BCUT2D eigenvalue weighted by molar-refractivity contribution is -0.0155. The second-order valence-electron chi connectivity index (χ2n) is 7.39. The molecule has 1 aliphatic rings. The minimum atomic E-state index is -0.315. The molecule has 0 unspecified atom stereocenters. The molecule has 0 spiro atoms. The van der Waals surface area contributed by atoms with Crippen molar-refractivity contribution in [2.45, 2.75) is 57.7 Å². The molecular weight excluding hydrogens is 281 g/mol. The molecule has 0 radical (unpaired) electrons. The molecular formula is C17H26FN3O. The number of piperidine rings is 1. The number of halogens is 1. The third kappa shape index (κ3) is 3.77. The minimum Gasteiger partial charge on any atom is -0.335 e. The third-order valence-electron chi connectivity index (χ3n) is 4.75. The van der Waals surface area contributed by atoms with Gasteiger partial charge < -0.3 is 10.6 Å². The van der Waals surface area contributed by atoms with Gasteiger partial charge in [0.15, 0.2) is 0 Å². The van der Waals surface area contributed by atoms with Crippen molar-refractivity contribution in [3.8, 4) is 0 Å². The zero-order valence-electron chi connectivity index (χ0n) is 14.0. The summed E-state index contributed by atoms with van der Waals surface area (Å²) < 4.78 is 12.9. The van der Waals surface area contributed by atoms with Crippen LogP contribution in [0.5, 0.6) is 0 Å². The van der Waals surface area contributed by atoms with Gasteiger partial charge in [0.05, 0.1) is 0 Å². The molecule has 1 aromatic carbocycles. The molecule has 0 aromatic heterocycles. The quantitative estimate of drug-likeness (QED) is 0.877. The van der Waals surface area contributed by atoms with Crippen LogP contribution in [0.3, 0.4) is 0 Å². The Morgan fingerprint density at radius 2 is 1.64 bits per heavy atom. The highest BCUT2D eigenvalue weighted by Gasteiger charge is 2.43. The molecule has 1 aliphatic heterocycles. The van der Waals surface area contributed by atoms with Crippen molar-refractivity contribution in [3.05, 3.63) is 30.1 Å². The molecule has 0 aliphatic carbocycles. The molecule has 122 valence electrons. The van der Waals surface area contributed by atoms with Gasteiger partial charge in [-0.1, -0.05) is 0 Å². The molecule has 0 bridgehead atoms. The van der Waals surface area contributed by atoms with E-state index >= 15 is 0 Å². The highest BCUT2D eigenvalue weighted by molar-refractivity contribution is 5.89. The number of nitrogens with one attached hydrogen (secondary N) is 2. The molecule has 22 heavy (non-hydrogen) atoms. The van der Waals surface area contributed by atoms with Crippen LogP contribution in [0.15, 0.2) is 24.3 Å². The number of carbonyl (C=O) groups excluding carboxylic acids is 1. The maximum absolute atomic E-state index is 12.9. The van der Waals surface area contributed by atoms with Gasteiger partial charge in [-0.05, 0) is 71.8 Å². The van der Waals surface area contributed by atoms with E-state index in [1.807, 2.05) is 0 Å². The predicted molar refractivity (Wildman–Crippen MR) is 87.5 cm³/mol. The number of hydrogen-bond donors (Lipinski definition) is 2. The van der Waals surface area contributed by atoms with Crippen LogP contribution in [-0.2, 0) is 0 Å². The summed E-state index contributed by atoms with van der Waals surface area (Å²) in [5.41, 5.74) is 0.635. The van der Waals surface area contributed by atoms with E-state index < -0.39 is 0 Å². The van der Waals surface area contributed by atoms with Gasteiger partial charge in [-0.25, -0.2) is 9.18 Å². The third-order valence-corrected chi connectivity index (χ3v) is 4.75. The lowest BCUT2D eigenvalue weighted by Crippen LogP contribution is -2.62. The fourth-order valence-electron chi connectivity index (χ4n) is 3.36. The van der Waals surface area contributed by atoms with E-state index in [0.717, 1.165) is 12.8 Å². The maximum Gasteiger partial charge on any atom is 0.319 e. The van der Waals surface area contributed by atoms with Crippen LogP contribution < -0.4 is 10.6 Å². The Kier molecular flexibility index (Phi) is 4.47. The Hall–Kier alpha value is -1.62. The number of hydrogen-bond acceptors (Lipinski definition) is 2. The average Bonchev–Trinajstić information content (AvgIpc) is 2.38. The number of urea groups is 1. The van der Waals surface area contributed by atoms with E-state index in [9.17, 15) is 9.18 Å². The van der Waals surface area contributed by atoms with E-state index in [2.05, 4.69) is 50.3 Å². The molecule has 1 aromatic rings. The summed E-state index contributed by atoms with van der Waals surface area (Å²) in [6.45, 7) is 8.78. The lowest BCUT2D eigenvalue weighted by atomic mass is 9.77. The van der Waals surface area contributed by atoms with Gasteiger partial charge in [-0.3, -0.25) is 4.90 Å². The average molecular weight is 307 g/mol. The van der Waals surface area contributed by atoms with Crippen molar-refractivity contribution in [1.29, 1.82) is 0 Å². The second-order valence-corrected chi connectivity index (χ2v) is 7.39. The van der Waals surface area contributed by atoms with E-state index in [1.54, 1.807) is 12.1 Å². The molecule has 2 amide bonds. The van der Waals surface area contributed by atoms with E-state index in [0.29, 0.717) is 5.69 Å². The van der Waals surface area contributed by atoms with Crippen LogP contribution in [0.25, 0.3) is 0 Å². The van der Waals surface area contributed by atoms with Gasteiger partial charge >= 0.3 is 6.03 Å². The Morgan fingerprint density at radius 3 is 2.14 bits per heavy atom. The van der Waals surface area contributed by atoms with Gasteiger partial charge in [-0.15, -0.1) is 0 Å². The van der Waals surface area contributed by atoms with Crippen molar-refractivity contribution in [1.82, 2.24) is 10.2 Å². The summed E-state index contributed by atoms with van der Waals surface area (Å²) in [4.78, 5) is 14.5. The van der Waals surface area contributed by atoms with Gasteiger partial charge in [-0.2, -0.15) is 0 Å². The van der Waals surface area contributed by atoms with Gasteiger partial charge in [0, 0.05) is 22.8 Å². The van der Waals surface area contributed by atoms with E-state index in [4.69, 9.17) is 0 Å². The molecule has 2 N–H and O–H groups in total. The summed E-state index contributed by atoms with van der Waals surface area (Å²) in [6, 6.07) is 5.64. The first-order valence-electron chi connectivity index (χ1n) is 7.67. The zero-order valence-corrected chi connectivity index (χ0v) is 14.0. The number of rotatable bonds is 2. The van der Waals surface area contributed by atoms with Crippen molar-refractivity contribution in [3.63, 3.8) is 0 Å². The van der Waals surface area contributed by atoms with Gasteiger partial charge in [0.25, 0.3) is 0 Å². The fourth-order valence-corrected chi connectivity index (χ4v) is 3.36. The smallest absolute Gasteiger partial charge is 0.319 e. The molecule has 0 atom stereocenters. The summed E-state index contributed by atoms with van der Waals surface area (Å²) in [5.74, 6) is -0.315. The Bertz CT molecular complexity index is 521. The normalized spacial score (nSPS) is 21.4. The van der Waals surface area contributed by atoms with Crippen molar-refractivity contribution in [2.75, 3.05) is 12.4 Å². The van der Waals surface area contributed by atoms with E-state index in [1.165, 1.54) is 12.1 Å². The summed E-state index contributed by atoms with van der Waals surface area (Å²) >= 11 is 0. The molecule has 2 rings (SSSR count). The summed E-state index contributed by atoms with van der Waals surface area (Å²) in [5, 5.41) is 5.80. The first kappa shape index (κ1) is 16.7. The van der Waals surface area contributed by atoms with Gasteiger partial charge in [0.1, 0.15) is 5.82 Å². The molecule has 1 heterocycles. The maximum atomic E-state index is 12.9. The fraction of sp³-hybridized carbons (Fsp3) is 0.588.